The Morgan fingerprint density at radius 1 is 1.18 bits per heavy atom. The van der Waals surface area contributed by atoms with Gasteiger partial charge in [0.25, 0.3) is 0 Å². The van der Waals surface area contributed by atoms with Gasteiger partial charge in [0.15, 0.2) is 5.16 Å². The highest BCUT2D eigenvalue weighted by Gasteiger charge is 2.54. The van der Waals surface area contributed by atoms with Crippen molar-refractivity contribution in [2.45, 2.75) is 48.5 Å². The molecule has 0 bridgehead atoms. The lowest BCUT2D eigenvalue weighted by Gasteiger charge is -2.45. The molecule has 1 aliphatic carbocycles. The number of aromatic nitrogens is 4. The number of benzene rings is 1. The minimum Gasteiger partial charge on any atom is -0.472 e. The molecule has 1 unspecified atom stereocenters. The number of ether oxygens (including phenoxy) is 1. The van der Waals surface area contributed by atoms with Gasteiger partial charge in [-0.15, -0.1) is 0 Å². The Balaban J connectivity index is 1.23. The molecule has 0 amide bonds. The molecular formula is C24H26FN7OS. The summed E-state index contributed by atoms with van der Waals surface area (Å²) < 4.78 is 20.7. The van der Waals surface area contributed by atoms with Gasteiger partial charge in [0.05, 0.1) is 25.3 Å². The molecule has 2 aliphatic heterocycles. The highest BCUT2D eigenvalue weighted by Crippen LogP contribution is 2.48. The van der Waals surface area contributed by atoms with Crippen molar-refractivity contribution in [1.82, 2.24) is 20.2 Å². The average Bonchev–Trinajstić information content (AvgIpc) is 3.45. The van der Waals surface area contributed by atoms with Gasteiger partial charge in [0, 0.05) is 22.6 Å². The number of halogens is 1. The zero-order valence-corrected chi connectivity index (χ0v) is 19.9. The Bertz CT molecular complexity index is 1230. The topological polar surface area (TPSA) is 91.3 Å². The summed E-state index contributed by atoms with van der Waals surface area (Å²) in [5.41, 5.74) is 0.761. The molecule has 2 aromatic heterocycles. The molecule has 176 valence electrons. The average molecular weight is 480 g/mol. The Morgan fingerprint density at radius 2 is 1.97 bits per heavy atom. The van der Waals surface area contributed by atoms with Crippen LogP contribution in [-0.2, 0) is 4.74 Å². The normalized spacial score (nSPS) is 21.1. The van der Waals surface area contributed by atoms with E-state index in [9.17, 15) is 4.39 Å². The summed E-state index contributed by atoms with van der Waals surface area (Å²) in [6.45, 7) is 5.39. The van der Waals surface area contributed by atoms with E-state index in [1.807, 2.05) is 55.1 Å². The largest absolute Gasteiger partial charge is 0.472 e. The maximum atomic E-state index is 15.0. The first-order chi connectivity index (χ1) is 16.4. The van der Waals surface area contributed by atoms with E-state index in [0.717, 1.165) is 40.6 Å². The summed E-state index contributed by atoms with van der Waals surface area (Å²) >= 11 is 1.46. The predicted molar refractivity (Wildman–Crippen MR) is 130 cm³/mol. The zero-order chi connectivity index (χ0) is 23.3. The van der Waals surface area contributed by atoms with E-state index in [4.69, 9.17) is 14.7 Å². The number of hydrogen-bond donors (Lipinski definition) is 2. The molecule has 2 fully saturated rings. The van der Waals surface area contributed by atoms with Crippen LogP contribution >= 0.6 is 11.8 Å². The van der Waals surface area contributed by atoms with Gasteiger partial charge in [-0.05, 0) is 68.6 Å². The summed E-state index contributed by atoms with van der Waals surface area (Å²) in [4.78, 5) is 16.9. The number of aliphatic imine (C=N–C) groups is 1. The van der Waals surface area contributed by atoms with Crippen molar-refractivity contribution in [2.75, 3.05) is 29.9 Å². The van der Waals surface area contributed by atoms with Crippen LogP contribution in [0.15, 0.2) is 51.4 Å². The van der Waals surface area contributed by atoms with E-state index in [1.165, 1.54) is 11.8 Å². The molecular weight excluding hydrogens is 453 g/mol. The Kier molecular flexibility index (Phi) is 5.20. The molecule has 6 rings (SSSR count). The Labute approximate surface area is 201 Å². The fourth-order valence-corrected chi connectivity index (χ4v) is 5.09. The van der Waals surface area contributed by atoms with Crippen LogP contribution < -0.4 is 10.2 Å². The van der Waals surface area contributed by atoms with Crippen LogP contribution in [0.5, 0.6) is 0 Å². The zero-order valence-electron chi connectivity index (χ0n) is 19.1. The van der Waals surface area contributed by atoms with Crippen molar-refractivity contribution in [3.63, 3.8) is 0 Å². The van der Waals surface area contributed by atoms with Crippen LogP contribution in [-0.4, -0.2) is 57.5 Å². The molecule has 4 heterocycles. The van der Waals surface area contributed by atoms with Crippen molar-refractivity contribution in [3.8, 4) is 0 Å². The van der Waals surface area contributed by atoms with Gasteiger partial charge >= 0.3 is 0 Å². The van der Waals surface area contributed by atoms with Crippen LogP contribution in [0.4, 0.5) is 21.8 Å². The highest BCUT2D eigenvalue weighted by molar-refractivity contribution is 7.99. The maximum Gasteiger partial charge on any atom is 0.216 e. The lowest BCUT2D eigenvalue weighted by atomic mass is 9.91. The minimum atomic E-state index is -1.08. The number of nitrogens with one attached hydrogen (secondary N) is 2. The van der Waals surface area contributed by atoms with Crippen molar-refractivity contribution >= 4 is 35.1 Å². The fourth-order valence-electron chi connectivity index (χ4n) is 4.32. The molecule has 2 N–H and O–H groups in total. The summed E-state index contributed by atoms with van der Waals surface area (Å²) in [5, 5.41) is 11.0. The van der Waals surface area contributed by atoms with Crippen LogP contribution in [0, 0.1) is 12.8 Å². The lowest BCUT2D eigenvalue weighted by molar-refractivity contribution is 0.0924. The predicted octanol–water partition coefficient (Wildman–Crippen LogP) is 4.51. The summed E-state index contributed by atoms with van der Waals surface area (Å²) in [5.74, 6) is 3.00. The third-order valence-corrected chi connectivity index (χ3v) is 7.19. The molecule has 8 nitrogen and oxygen atoms in total. The van der Waals surface area contributed by atoms with Gasteiger partial charge in [0.1, 0.15) is 29.2 Å². The van der Waals surface area contributed by atoms with Gasteiger partial charge in [0.2, 0.25) is 5.90 Å². The third-order valence-electron chi connectivity index (χ3n) is 6.32. The Hall–Kier alpha value is -3.14. The standard InChI is InChI=1S/C24H26FN7OS/c1-14-9-20(31-30-14)27-19-10-21(32-12-24(25,13-32)17-5-6-17)29-23(28-19)34-18-7-3-16(4-8-18)22-26-11-15(2)33-22/h3-4,7-10,15,17H,5-6,11-13H2,1-2H3,(H2,27,28,29,30,31). The van der Waals surface area contributed by atoms with Gasteiger partial charge in [-0.1, -0.05) is 0 Å². The van der Waals surface area contributed by atoms with E-state index < -0.39 is 5.67 Å². The fraction of sp³-hybridized carbons (Fsp3) is 0.417. The smallest absolute Gasteiger partial charge is 0.216 e. The molecule has 3 aliphatic rings. The van der Waals surface area contributed by atoms with Crippen molar-refractivity contribution in [3.05, 3.63) is 47.7 Å². The summed E-state index contributed by atoms with van der Waals surface area (Å²) in [6.07, 6.45) is 2.11. The van der Waals surface area contributed by atoms with Gasteiger partial charge in [-0.3, -0.25) is 5.10 Å². The second-order valence-electron chi connectivity index (χ2n) is 9.31. The molecule has 10 heteroatoms. The van der Waals surface area contributed by atoms with Gasteiger partial charge in [-0.2, -0.15) is 5.10 Å². The molecule has 0 radical (unpaired) electrons. The van der Waals surface area contributed by atoms with Crippen molar-refractivity contribution < 1.29 is 9.13 Å². The number of rotatable bonds is 7. The second kappa shape index (κ2) is 8.26. The first-order valence-corrected chi connectivity index (χ1v) is 12.4. The van der Waals surface area contributed by atoms with Gasteiger partial charge in [-0.25, -0.2) is 19.4 Å². The maximum absolute atomic E-state index is 15.0. The second-order valence-corrected chi connectivity index (χ2v) is 10.3. The molecule has 1 aromatic carbocycles. The van der Waals surface area contributed by atoms with Crippen LogP contribution in [0.2, 0.25) is 0 Å². The Morgan fingerprint density at radius 3 is 2.62 bits per heavy atom. The molecule has 0 spiro atoms. The molecule has 34 heavy (non-hydrogen) atoms. The number of anilines is 3. The van der Waals surface area contributed by atoms with E-state index in [0.29, 0.717) is 36.5 Å². The lowest BCUT2D eigenvalue weighted by Crippen LogP contribution is -2.60. The summed E-state index contributed by atoms with van der Waals surface area (Å²) in [6, 6.07) is 11.8. The number of aromatic amines is 1. The summed E-state index contributed by atoms with van der Waals surface area (Å²) in [7, 11) is 0. The molecule has 1 saturated heterocycles. The number of H-pyrrole nitrogens is 1. The van der Waals surface area contributed by atoms with Crippen LogP contribution in [0.25, 0.3) is 0 Å². The van der Waals surface area contributed by atoms with Gasteiger partial charge < -0.3 is 15.0 Å². The van der Waals surface area contributed by atoms with Crippen molar-refractivity contribution in [1.29, 1.82) is 0 Å². The molecule has 1 saturated carbocycles. The third kappa shape index (κ3) is 4.34. The first kappa shape index (κ1) is 21.4. The molecule has 3 aromatic rings. The number of aryl methyl sites for hydroxylation is 1. The van der Waals surface area contributed by atoms with E-state index >= 15 is 0 Å². The van der Waals surface area contributed by atoms with Crippen LogP contribution in [0.3, 0.4) is 0 Å². The van der Waals surface area contributed by atoms with Crippen molar-refractivity contribution in [2.24, 2.45) is 10.9 Å². The SMILES string of the molecule is Cc1cc(Nc2cc(N3CC(F)(C4CC4)C3)nc(Sc3ccc(C4=NCC(C)O4)cc3)n2)[nH]n1. The van der Waals surface area contributed by atoms with E-state index in [-0.39, 0.29) is 12.0 Å². The van der Waals surface area contributed by atoms with E-state index in [1.54, 1.807) is 0 Å². The quantitative estimate of drug-likeness (QED) is 0.482. The van der Waals surface area contributed by atoms with E-state index in [2.05, 4.69) is 20.5 Å². The monoisotopic (exact) mass is 479 g/mol. The van der Waals surface area contributed by atoms with Crippen LogP contribution in [0.1, 0.15) is 31.0 Å². The minimum absolute atomic E-state index is 0.120. The number of alkyl halides is 1. The first-order valence-electron chi connectivity index (χ1n) is 11.5. The number of nitrogens with zero attached hydrogens (tertiary/aromatic N) is 5. The number of hydrogen-bond acceptors (Lipinski definition) is 8. The molecule has 1 atom stereocenters. The highest BCUT2D eigenvalue weighted by atomic mass is 32.2.